The molecule has 0 aliphatic rings. The summed E-state index contributed by atoms with van der Waals surface area (Å²) in [7, 11) is 0. The minimum absolute atomic E-state index is 0.0834. The van der Waals surface area contributed by atoms with E-state index in [0.717, 1.165) is 0 Å². The van der Waals surface area contributed by atoms with Gasteiger partial charge in [0.25, 0.3) is 0 Å². The third-order valence-corrected chi connectivity index (χ3v) is 3.16. The summed E-state index contributed by atoms with van der Waals surface area (Å²) in [5, 5.41) is 3.89. The molecule has 4 nitrogen and oxygen atoms in total. The molecule has 102 valence electrons. The molecule has 0 aliphatic carbocycles. The first-order valence-corrected chi connectivity index (χ1v) is 6.37. The van der Waals surface area contributed by atoms with Crippen LogP contribution in [0.2, 0.25) is 5.02 Å². The first kappa shape index (κ1) is 14.0. The van der Waals surface area contributed by atoms with Gasteiger partial charge in [0.05, 0.1) is 11.1 Å². The van der Waals surface area contributed by atoms with Crippen molar-refractivity contribution in [1.29, 1.82) is 0 Å². The average Bonchev–Trinajstić information content (AvgIpc) is 2.82. The van der Waals surface area contributed by atoms with Crippen LogP contribution in [0.3, 0.4) is 0 Å². The van der Waals surface area contributed by atoms with Crippen molar-refractivity contribution in [1.82, 2.24) is 10.1 Å². The number of rotatable bonds is 4. The normalized spacial score (nSPS) is 12.9. The number of nitrogens with two attached hydrogens (primary N) is 1. The summed E-state index contributed by atoms with van der Waals surface area (Å²) in [6.45, 7) is 3.93. The van der Waals surface area contributed by atoms with E-state index in [4.69, 9.17) is 21.9 Å². The molecule has 0 fully saturated rings. The topological polar surface area (TPSA) is 64.9 Å². The summed E-state index contributed by atoms with van der Waals surface area (Å²) >= 11 is 5.72. The molecule has 1 aromatic heterocycles. The van der Waals surface area contributed by atoms with Crippen molar-refractivity contribution in [3.05, 3.63) is 46.3 Å². The first-order chi connectivity index (χ1) is 8.99. The fourth-order valence-corrected chi connectivity index (χ4v) is 1.81. The summed E-state index contributed by atoms with van der Waals surface area (Å²) in [4.78, 5) is 4.18. The molecule has 0 unspecified atom stereocenters. The minimum atomic E-state index is -0.455. The molecule has 0 bridgehead atoms. The SMILES string of the molecule is CC(C)[C@@H](N)c1nc(Cc2cccc(Cl)c2F)no1. The highest BCUT2D eigenvalue weighted by atomic mass is 35.5. The average molecular weight is 284 g/mol. The number of aromatic nitrogens is 2. The number of halogens is 2. The number of hydrogen-bond acceptors (Lipinski definition) is 4. The van der Waals surface area contributed by atoms with Crippen molar-refractivity contribution >= 4 is 11.6 Å². The second-order valence-corrected chi connectivity index (χ2v) is 5.12. The zero-order valence-electron chi connectivity index (χ0n) is 10.7. The van der Waals surface area contributed by atoms with Crippen LogP contribution in [0.25, 0.3) is 0 Å². The van der Waals surface area contributed by atoms with Gasteiger partial charge in [-0.1, -0.05) is 42.7 Å². The quantitative estimate of drug-likeness (QED) is 0.936. The molecular weight excluding hydrogens is 269 g/mol. The van der Waals surface area contributed by atoms with E-state index in [1.807, 2.05) is 13.8 Å². The van der Waals surface area contributed by atoms with E-state index in [9.17, 15) is 4.39 Å². The monoisotopic (exact) mass is 283 g/mol. The molecule has 0 amide bonds. The van der Waals surface area contributed by atoms with Gasteiger partial charge in [-0.25, -0.2) is 4.39 Å². The van der Waals surface area contributed by atoms with Crippen molar-refractivity contribution in [2.24, 2.45) is 11.7 Å². The van der Waals surface area contributed by atoms with Crippen molar-refractivity contribution in [2.45, 2.75) is 26.3 Å². The van der Waals surface area contributed by atoms with Crippen molar-refractivity contribution < 1.29 is 8.91 Å². The van der Waals surface area contributed by atoms with Crippen LogP contribution in [0.4, 0.5) is 4.39 Å². The molecule has 2 rings (SSSR count). The van der Waals surface area contributed by atoms with Gasteiger partial charge in [0.15, 0.2) is 5.82 Å². The van der Waals surface area contributed by atoms with E-state index in [1.165, 1.54) is 6.07 Å². The Morgan fingerprint density at radius 2 is 2.16 bits per heavy atom. The number of nitrogens with zero attached hydrogens (tertiary/aromatic N) is 2. The molecular formula is C13H15ClFN3O. The van der Waals surface area contributed by atoms with Gasteiger partial charge >= 0.3 is 0 Å². The third-order valence-electron chi connectivity index (χ3n) is 2.87. The molecule has 0 saturated carbocycles. The Labute approximate surface area is 115 Å². The molecule has 2 N–H and O–H groups in total. The highest BCUT2D eigenvalue weighted by Crippen LogP contribution is 2.21. The van der Waals surface area contributed by atoms with Gasteiger partial charge < -0.3 is 10.3 Å². The lowest BCUT2D eigenvalue weighted by molar-refractivity contribution is 0.322. The van der Waals surface area contributed by atoms with Gasteiger partial charge in [-0.05, 0) is 17.5 Å². The highest BCUT2D eigenvalue weighted by molar-refractivity contribution is 6.30. The Hall–Kier alpha value is -1.46. The Morgan fingerprint density at radius 3 is 2.84 bits per heavy atom. The molecule has 0 radical (unpaired) electrons. The predicted octanol–water partition coefficient (Wildman–Crippen LogP) is 3.11. The van der Waals surface area contributed by atoms with Crippen LogP contribution in [-0.2, 0) is 6.42 Å². The molecule has 0 saturated heterocycles. The Morgan fingerprint density at radius 1 is 1.42 bits per heavy atom. The maximum Gasteiger partial charge on any atom is 0.243 e. The summed E-state index contributed by atoms with van der Waals surface area (Å²) < 4.78 is 18.8. The Bertz CT molecular complexity index is 571. The molecule has 2 aromatic rings. The molecule has 6 heteroatoms. The first-order valence-electron chi connectivity index (χ1n) is 6.00. The molecule has 0 spiro atoms. The van der Waals surface area contributed by atoms with E-state index < -0.39 is 5.82 Å². The predicted molar refractivity (Wildman–Crippen MR) is 70.3 cm³/mol. The van der Waals surface area contributed by atoms with Crippen molar-refractivity contribution in [3.8, 4) is 0 Å². The van der Waals surface area contributed by atoms with Crippen LogP contribution in [0.1, 0.15) is 37.2 Å². The summed E-state index contributed by atoms with van der Waals surface area (Å²) in [5.74, 6) is 0.500. The molecule has 19 heavy (non-hydrogen) atoms. The summed E-state index contributed by atoms with van der Waals surface area (Å²) in [5.41, 5.74) is 6.34. The van der Waals surface area contributed by atoms with Crippen LogP contribution < -0.4 is 5.73 Å². The zero-order valence-corrected chi connectivity index (χ0v) is 11.5. The van der Waals surface area contributed by atoms with Crippen LogP contribution in [0, 0.1) is 11.7 Å². The minimum Gasteiger partial charge on any atom is -0.338 e. The van der Waals surface area contributed by atoms with Gasteiger partial charge in [-0.15, -0.1) is 0 Å². The number of hydrogen-bond donors (Lipinski definition) is 1. The summed E-state index contributed by atoms with van der Waals surface area (Å²) in [6.07, 6.45) is 0.223. The Kier molecular flexibility index (Phi) is 4.17. The zero-order chi connectivity index (χ0) is 14.0. The second-order valence-electron chi connectivity index (χ2n) is 4.71. The van der Waals surface area contributed by atoms with Crippen LogP contribution in [0.5, 0.6) is 0 Å². The highest BCUT2D eigenvalue weighted by Gasteiger charge is 2.18. The second kappa shape index (κ2) is 5.67. The van der Waals surface area contributed by atoms with Crippen LogP contribution in [0.15, 0.2) is 22.7 Å². The van der Waals surface area contributed by atoms with Crippen LogP contribution >= 0.6 is 11.6 Å². The van der Waals surface area contributed by atoms with Gasteiger partial charge in [0.2, 0.25) is 5.89 Å². The lowest BCUT2D eigenvalue weighted by Gasteiger charge is -2.09. The third kappa shape index (κ3) is 3.11. The lowest BCUT2D eigenvalue weighted by Crippen LogP contribution is -2.17. The fraction of sp³-hybridized carbons (Fsp3) is 0.385. The standard InChI is InChI=1S/C13H15ClFN3O/c1-7(2)12(16)13-17-10(18-19-13)6-8-4-3-5-9(14)11(8)15/h3-5,7,12H,6,16H2,1-2H3/t12-/m1/s1. The molecule has 0 aliphatic heterocycles. The summed E-state index contributed by atoms with van der Waals surface area (Å²) in [6, 6.07) is 4.50. The van der Waals surface area contributed by atoms with E-state index in [1.54, 1.807) is 12.1 Å². The van der Waals surface area contributed by atoms with Crippen LogP contribution in [-0.4, -0.2) is 10.1 Å². The maximum absolute atomic E-state index is 13.7. The Balaban J connectivity index is 2.18. The molecule has 1 atom stereocenters. The number of benzene rings is 1. The van der Waals surface area contributed by atoms with Crippen molar-refractivity contribution in [3.63, 3.8) is 0 Å². The fourth-order valence-electron chi connectivity index (χ4n) is 1.62. The van der Waals surface area contributed by atoms with Crippen molar-refractivity contribution in [2.75, 3.05) is 0 Å². The largest absolute Gasteiger partial charge is 0.338 e. The van der Waals surface area contributed by atoms with Gasteiger partial charge in [0.1, 0.15) is 5.82 Å². The molecule has 1 heterocycles. The van der Waals surface area contributed by atoms with E-state index in [2.05, 4.69) is 10.1 Å². The van der Waals surface area contributed by atoms with Gasteiger partial charge in [-0.2, -0.15) is 4.98 Å². The van der Waals surface area contributed by atoms with E-state index in [0.29, 0.717) is 17.3 Å². The van der Waals surface area contributed by atoms with E-state index >= 15 is 0 Å². The lowest BCUT2D eigenvalue weighted by atomic mass is 10.1. The van der Waals surface area contributed by atoms with Gasteiger partial charge in [-0.3, -0.25) is 0 Å². The molecule has 1 aromatic carbocycles. The maximum atomic E-state index is 13.7. The van der Waals surface area contributed by atoms with E-state index in [-0.39, 0.29) is 23.4 Å². The smallest absolute Gasteiger partial charge is 0.243 e. The van der Waals surface area contributed by atoms with Gasteiger partial charge in [0, 0.05) is 6.42 Å².